The van der Waals surface area contributed by atoms with Crippen LogP contribution in [0, 0.1) is 17.7 Å². The van der Waals surface area contributed by atoms with Crippen molar-refractivity contribution in [2.45, 2.75) is 0 Å². The zero-order valence-electron chi connectivity index (χ0n) is 9.42. The summed E-state index contributed by atoms with van der Waals surface area (Å²) in [7, 11) is 1.41. The smallest absolute Gasteiger partial charge is 0.250 e. The van der Waals surface area contributed by atoms with Crippen LogP contribution in [0.25, 0.3) is 0 Å². The molecular weight excluding hydrogens is 223 g/mol. The minimum absolute atomic E-state index is 0.0731. The third-order valence-corrected chi connectivity index (χ3v) is 1.85. The summed E-state index contributed by atoms with van der Waals surface area (Å²) in [6.45, 7) is 0.0993. The highest BCUT2D eigenvalue weighted by atomic mass is 19.1. The molecule has 1 aromatic carbocycles. The Morgan fingerprint density at radius 1 is 1.59 bits per heavy atom. The van der Waals surface area contributed by atoms with Crippen LogP contribution < -0.4 is 11.1 Å². The predicted molar refractivity (Wildman–Crippen MR) is 62.8 cm³/mol. The maximum atomic E-state index is 13.5. The van der Waals surface area contributed by atoms with Crippen LogP contribution in [0.1, 0.15) is 5.56 Å². The number of hydrogen-bond acceptors (Lipinski definition) is 3. The van der Waals surface area contributed by atoms with Crippen LogP contribution in [0.4, 0.5) is 10.1 Å². The molecule has 1 aromatic rings. The molecule has 0 heterocycles. The van der Waals surface area contributed by atoms with Crippen molar-refractivity contribution in [1.82, 2.24) is 0 Å². The normalized spacial score (nSPS) is 9.35. The first kappa shape index (κ1) is 13.2. The fraction of sp³-hybridized carbons (Fsp3) is 0.250. The molecule has 1 rings (SSSR count). The number of methoxy groups -OCH3 is 1. The number of carbonyl (C=O) groups is 1. The fourth-order valence-electron chi connectivity index (χ4n) is 1.17. The summed E-state index contributed by atoms with van der Waals surface area (Å²) in [4.78, 5) is 11.2. The minimum atomic E-state index is -0.499. The van der Waals surface area contributed by atoms with Crippen molar-refractivity contribution in [2.75, 3.05) is 25.6 Å². The number of carbonyl (C=O) groups excluding carboxylic acids is 1. The van der Waals surface area contributed by atoms with Crippen LogP contribution in [-0.4, -0.2) is 26.2 Å². The molecule has 0 aliphatic heterocycles. The molecule has 0 saturated carbocycles. The number of nitrogens with one attached hydrogen (secondary N) is 1. The van der Waals surface area contributed by atoms with E-state index in [-0.39, 0.29) is 24.6 Å². The van der Waals surface area contributed by atoms with Gasteiger partial charge < -0.3 is 15.8 Å². The van der Waals surface area contributed by atoms with Crippen molar-refractivity contribution in [3.05, 3.63) is 29.6 Å². The van der Waals surface area contributed by atoms with Crippen LogP contribution in [0.2, 0.25) is 0 Å². The summed E-state index contributed by atoms with van der Waals surface area (Å²) in [5.74, 6) is 4.31. The molecule has 0 aliphatic rings. The molecule has 4 nitrogen and oxygen atoms in total. The van der Waals surface area contributed by atoms with Gasteiger partial charge in [0.25, 0.3) is 0 Å². The van der Waals surface area contributed by atoms with Gasteiger partial charge >= 0.3 is 0 Å². The zero-order valence-corrected chi connectivity index (χ0v) is 9.42. The Hall–Kier alpha value is -1.90. The molecule has 0 bridgehead atoms. The van der Waals surface area contributed by atoms with Crippen LogP contribution >= 0.6 is 0 Å². The van der Waals surface area contributed by atoms with E-state index in [2.05, 4.69) is 21.9 Å². The average Bonchev–Trinajstić information content (AvgIpc) is 2.28. The largest absolute Gasteiger partial charge is 0.375 e. The number of ether oxygens (including phenoxy) is 1. The monoisotopic (exact) mass is 236 g/mol. The molecule has 0 unspecified atom stereocenters. The molecule has 0 aromatic heterocycles. The van der Waals surface area contributed by atoms with Gasteiger partial charge in [-0.3, -0.25) is 4.79 Å². The van der Waals surface area contributed by atoms with E-state index in [1.807, 2.05) is 0 Å². The summed E-state index contributed by atoms with van der Waals surface area (Å²) in [6, 6.07) is 4.26. The van der Waals surface area contributed by atoms with Crippen molar-refractivity contribution in [2.24, 2.45) is 5.73 Å². The van der Waals surface area contributed by atoms with Gasteiger partial charge in [0.05, 0.1) is 12.1 Å². The number of nitrogens with two attached hydrogens (primary N) is 1. The Morgan fingerprint density at radius 2 is 2.35 bits per heavy atom. The number of benzene rings is 1. The molecule has 1 amide bonds. The quantitative estimate of drug-likeness (QED) is 0.760. The van der Waals surface area contributed by atoms with Gasteiger partial charge in [0.2, 0.25) is 5.91 Å². The maximum absolute atomic E-state index is 13.5. The first-order valence-corrected chi connectivity index (χ1v) is 4.94. The summed E-state index contributed by atoms with van der Waals surface area (Å²) in [5, 5.41) is 2.49. The Balaban J connectivity index is 2.78. The molecule has 0 fully saturated rings. The third kappa shape index (κ3) is 4.23. The first-order chi connectivity index (χ1) is 8.17. The molecule has 5 heteroatoms. The van der Waals surface area contributed by atoms with Crippen LogP contribution in [-0.2, 0) is 9.53 Å². The molecule has 90 valence electrons. The molecular formula is C12H13FN2O2. The van der Waals surface area contributed by atoms with E-state index in [1.165, 1.54) is 19.2 Å². The summed E-state index contributed by atoms with van der Waals surface area (Å²) in [6.07, 6.45) is 0. The van der Waals surface area contributed by atoms with Crippen molar-refractivity contribution in [1.29, 1.82) is 0 Å². The van der Waals surface area contributed by atoms with Gasteiger partial charge in [0.1, 0.15) is 12.4 Å². The van der Waals surface area contributed by atoms with Gasteiger partial charge in [0, 0.05) is 12.8 Å². The van der Waals surface area contributed by atoms with E-state index in [4.69, 9.17) is 5.73 Å². The predicted octanol–water partition coefficient (Wildman–Crippen LogP) is 0.721. The lowest BCUT2D eigenvalue weighted by Crippen LogP contribution is -2.17. The van der Waals surface area contributed by atoms with Crippen LogP contribution in [0.5, 0.6) is 0 Å². The van der Waals surface area contributed by atoms with Crippen molar-refractivity contribution >= 4 is 11.6 Å². The summed E-state index contributed by atoms with van der Waals surface area (Å²) < 4.78 is 18.1. The van der Waals surface area contributed by atoms with Gasteiger partial charge in [-0.15, -0.1) is 0 Å². The minimum Gasteiger partial charge on any atom is -0.375 e. The highest BCUT2D eigenvalue weighted by molar-refractivity contribution is 5.91. The Labute approximate surface area is 99.0 Å². The zero-order chi connectivity index (χ0) is 12.7. The van der Waals surface area contributed by atoms with E-state index in [1.54, 1.807) is 6.07 Å². The van der Waals surface area contributed by atoms with E-state index >= 15 is 0 Å². The maximum Gasteiger partial charge on any atom is 0.250 e. The van der Waals surface area contributed by atoms with Gasteiger partial charge in [-0.1, -0.05) is 11.8 Å². The van der Waals surface area contributed by atoms with Gasteiger partial charge in [-0.05, 0) is 18.2 Å². The van der Waals surface area contributed by atoms with Crippen molar-refractivity contribution in [3.63, 3.8) is 0 Å². The molecule has 3 N–H and O–H groups in total. The Kier molecular flexibility index (Phi) is 5.14. The number of amides is 1. The number of halogens is 1. The standard InChI is InChI=1S/C12H13FN2O2/c1-17-8-12(16)15-10-5-4-9(3-2-6-14)11(13)7-10/h4-5,7H,6,8,14H2,1H3,(H,15,16). The summed E-state index contributed by atoms with van der Waals surface area (Å²) >= 11 is 0. The topological polar surface area (TPSA) is 64.3 Å². The average molecular weight is 236 g/mol. The Morgan fingerprint density at radius 3 is 2.94 bits per heavy atom. The SMILES string of the molecule is COCC(=O)Nc1ccc(C#CCN)c(F)c1. The summed E-state index contributed by atoms with van der Waals surface area (Å²) in [5.41, 5.74) is 5.80. The van der Waals surface area contributed by atoms with E-state index in [9.17, 15) is 9.18 Å². The van der Waals surface area contributed by atoms with Crippen molar-refractivity contribution in [3.8, 4) is 11.8 Å². The fourth-order valence-corrected chi connectivity index (χ4v) is 1.17. The van der Waals surface area contributed by atoms with Gasteiger partial charge in [-0.25, -0.2) is 4.39 Å². The van der Waals surface area contributed by atoms with E-state index in [0.717, 1.165) is 0 Å². The second kappa shape index (κ2) is 6.63. The Bertz CT molecular complexity index is 463. The molecule has 0 spiro atoms. The lowest BCUT2D eigenvalue weighted by molar-refractivity contribution is -0.119. The molecule has 0 aliphatic carbocycles. The molecule has 17 heavy (non-hydrogen) atoms. The van der Waals surface area contributed by atoms with Crippen LogP contribution in [0.15, 0.2) is 18.2 Å². The van der Waals surface area contributed by atoms with Gasteiger partial charge in [0.15, 0.2) is 0 Å². The third-order valence-electron chi connectivity index (χ3n) is 1.85. The lowest BCUT2D eigenvalue weighted by atomic mass is 10.2. The lowest BCUT2D eigenvalue weighted by Gasteiger charge is -2.05. The highest BCUT2D eigenvalue weighted by Gasteiger charge is 2.04. The number of anilines is 1. The molecule has 0 saturated heterocycles. The first-order valence-electron chi connectivity index (χ1n) is 4.94. The second-order valence-corrected chi connectivity index (χ2v) is 3.18. The van der Waals surface area contributed by atoms with Crippen LogP contribution in [0.3, 0.4) is 0 Å². The van der Waals surface area contributed by atoms with Crippen molar-refractivity contribution < 1.29 is 13.9 Å². The number of rotatable bonds is 3. The molecule has 0 radical (unpaired) electrons. The highest BCUT2D eigenvalue weighted by Crippen LogP contribution is 2.13. The second-order valence-electron chi connectivity index (χ2n) is 3.18. The van der Waals surface area contributed by atoms with Gasteiger partial charge in [-0.2, -0.15) is 0 Å². The molecule has 0 atom stereocenters. The van der Waals surface area contributed by atoms with E-state index < -0.39 is 5.82 Å². The number of hydrogen-bond donors (Lipinski definition) is 2. The van der Waals surface area contributed by atoms with E-state index in [0.29, 0.717) is 5.69 Å².